The molecule has 0 heterocycles. The van der Waals surface area contributed by atoms with Gasteiger partial charge in [-0.2, -0.15) is 0 Å². The van der Waals surface area contributed by atoms with Crippen molar-refractivity contribution in [1.82, 2.24) is 0 Å². The molecule has 3 N–H and O–H groups in total. The predicted molar refractivity (Wildman–Crippen MR) is 78.3 cm³/mol. The van der Waals surface area contributed by atoms with Gasteiger partial charge in [-0.05, 0) is 37.3 Å². The van der Waals surface area contributed by atoms with Crippen molar-refractivity contribution in [3.05, 3.63) is 34.1 Å². The molecule has 1 aromatic carbocycles. The zero-order valence-electron chi connectivity index (χ0n) is 10.9. The lowest BCUT2D eigenvalue weighted by molar-refractivity contribution is 0.0833. The Morgan fingerprint density at radius 1 is 1.37 bits per heavy atom. The fraction of sp³-hybridized carbons (Fsp3) is 0.571. The summed E-state index contributed by atoms with van der Waals surface area (Å²) in [6.45, 7) is 1.67. The number of rotatable bonds is 3. The molecule has 5 heteroatoms. The molecule has 1 aliphatic carbocycles. The minimum Gasteiger partial charge on any atom is -0.391 e. The Kier molecular flexibility index (Phi) is 6.06. The molecule has 2 atom stereocenters. The first-order chi connectivity index (χ1) is 8.52. The molecular formula is C14H20Cl2FNO. The molecule has 0 unspecified atom stereocenters. The van der Waals surface area contributed by atoms with Crippen LogP contribution < -0.4 is 5.73 Å². The van der Waals surface area contributed by atoms with E-state index >= 15 is 0 Å². The molecule has 1 aliphatic rings. The van der Waals surface area contributed by atoms with Gasteiger partial charge in [-0.1, -0.05) is 30.5 Å². The average Bonchev–Trinajstić information content (AvgIpc) is 2.87. The first-order valence-electron chi connectivity index (χ1n) is 6.40. The molecule has 0 aromatic heterocycles. The topological polar surface area (TPSA) is 46.2 Å². The van der Waals surface area contributed by atoms with Crippen LogP contribution in [-0.4, -0.2) is 11.2 Å². The van der Waals surface area contributed by atoms with Crippen molar-refractivity contribution in [3.63, 3.8) is 0 Å². The lowest BCUT2D eigenvalue weighted by Gasteiger charge is -2.26. The predicted octanol–water partition coefficient (Wildman–Crippen LogP) is 3.76. The van der Waals surface area contributed by atoms with E-state index in [9.17, 15) is 9.50 Å². The van der Waals surface area contributed by atoms with E-state index in [0.717, 1.165) is 25.7 Å². The Morgan fingerprint density at radius 2 is 1.95 bits per heavy atom. The normalized spacial score (nSPS) is 19.0. The van der Waals surface area contributed by atoms with Crippen LogP contribution in [-0.2, 0) is 0 Å². The average molecular weight is 308 g/mol. The van der Waals surface area contributed by atoms with Crippen LogP contribution in [0.5, 0.6) is 0 Å². The number of aliphatic hydroxyl groups excluding tert-OH is 1. The van der Waals surface area contributed by atoms with Crippen LogP contribution >= 0.6 is 24.0 Å². The summed E-state index contributed by atoms with van der Waals surface area (Å²) in [6.07, 6.45) is 3.41. The zero-order chi connectivity index (χ0) is 13.3. The summed E-state index contributed by atoms with van der Waals surface area (Å²) in [5.41, 5.74) is 6.76. The van der Waals surface area contributed by atoms with Crippen LogP contribution in [0.4, 0.5) is 4.39 Å². The van der Waals surface area contributed by atoms with E-state index in [-0.39, 0.29) is 23.9 Å². The summed E-state index contributed by atoms with van der Waals surface area (Å²) >= 11 is 6.02. The van der Waals surface area contributed by atoms with Crippen LogP contribution in [0, 0.1) is 18.7 Å². The second-order valence-electron chi connectivity index (χ2n) is 5.15. The lowest BCUT2D eigenvalue weighted by atomic mass is 9.90. The molecule has 108 valence electrons. The van der Waals surface area contributed by atoms with Crippen molar-refractivity contribution in [1.29, 1.82) is 0 Å². The molecule has 1 aromatic rings. The summed E-state index contributed by atoms with van der Waals surface area (Å²) in [5, 5.41) is 10.6. The molecule has 2 rings (SSSR count). The van der Waals surface area contributed by atoms with Gasteiger partial charge in [-0.25, -0.2) is 4.39 Å². The highest BCUT2D eigenvalue weighted by Crippen LogP contribution is 2.35. The zero-order valence-corrected chi connectivity index (χ0v) is 12.5. The summed E-state index contributed by atoms with van der Waals surface area (Å²) in [7, 11) is 0. The quantitative estimate of drug-likeness (QED) is 0.893. The number of aliphatic hydroxyl groups is 1. The molecule has 0 aliphatic heterocycles. The number of nitrogens with two attached hydrogens (primary N) is 1. The van der Waals surface area contributed by atoms with Crippen molar-refractivity contribution in [2.45, 2.75) is 44.8 Å². The van der Waals surface area contributed by atoms with Crippen molar-refractivity contribution in [3.8, 4) is 0 Å². The van der Waals surface area contributed by atoms with E-state index in [4.69, 9.17) is 17.3 Å². The Balaban J connectivity index is 0.00000180. The third-order valence-electron chi connectivity index (χ3n) is 3.90. The van der Waals surface area contributed by atoms with Crippen LogP contribution in [0.15, 0.2) is 12.1 Å². The summed E-state index contributed by atoms with van der Waals surface area (Å²) < 4.78 is 14.1. The lowest BCUT2D eigenvalue weighted by Crippen LogP contribution is -2.33. The van der Waals surface area contributed by atoms with Gasteiger partial charge in [-0.3, -0.25) is 0 Å². The summed E-state index contributed by atoms with van der Waals surface area (Å²) in [6, 6.07) is 2.51. The van der Waals surface area contributed by atoms with Gasteiger partial charge in [0.2, 0.25) is 0 Å². The summed E-state index contributed by atoms with van der Waals surface area (Å²) in [4.78, 5) is 0. The SMILES string of the molecule is Cc1ccc(Cl)c([C@H](N)[C@H](O)C2CCCC2)c1F.Cl. The number of halogens is 3. The first kappa shape index (κ1) is 16.7. The molecule has 0 bridgehead atoms. The maximum atomic E-state index is 14.1. The highest BCUT2D eigenvalue weighted by Gasteiger charge is 2.31. The van der Waals surface area contributed by atoms with E-state index in [1.54, 1.807) is 19.1 Å². The minimum absolute atomic E-state index is 0. The van der Waals surface area contributed by atoms with Gasteiger partial charge in [0.1, 0.15) is 5.82 Å². The molecule has 0 spiro atoms. The van der Waals surface area contributed by atoms with Crippen LogP contribution in [0.25, 0.3) is 0 Å². The third kappa shape index (κ3) is 3.40. The second-order valence-corrected chi connectivity index (χ2v) is 5.56. The van der Waals surface area contributed by atoms with Gasteiger partial charge in [0, 0.05) is 10.6 Å². The Hall–Kier alpha value is -0.350. The number of aryl methyl sites for hydroxylation is 1. The highest BCUT2D eigenvalue weighted by molar-refractivity contribution is 6.31. The second kappa shape index (κ2) is 6.89. The first-order valence-corrected chi connectivity index (χ1v) is 6.78. The third-order valence-corrected chi connectivity index (χ3v) is 4.23. The largest absolute Gasteiger partial charge is 0.391 e. The minimum atomic E-state index is -0.750. The van der Waals surface area contributed by atoms with Gasteiger partial charge in [0.15, 0.2) is 0 Å². The van der Waals surface area contributed by atoms with Gasteiger partial charge in [-0.15, -0.1) is 12.4 Å². The Morgan fingerprint density at radius 3 is 2.53 bits per heavy atom. The highest BCUT2D eigenvalue weighted by atomic mass is 35.5. The number of benzene rings is 1. The van der Waals surface area contributed by atoms with Crippen molar-refractivity contribution < 1.29 is 9.50 Å². The molecule has 2 nitrogen and oxygen atoms in total. The summed E-state index contributed by atoms with van der Waals surface area (Å²) in [5.74, 6) is -0.233. The standard InChI is InChI=1S/C14H19ClFNO.ClH/c1-8-6-7-10(15)11(12(8)16)13(17)14(18)9-4-2-3-5-9;/h6-7,9,13-14,18H,2-5,17H2,1H3;1H/t13-,14+;/m0./s1. The molecular weight excluding hydrogens is 288 g/mol. The van der Waals surface area contributed by atoms with Crippen molar-refractivity contribution in [2.75, 3.05) is 0 Å². The van der Waals surface area contributed by atoms with Crippen LogP contribution in [0.2, 0.25) is 5.02 Å². The van der Waals surface area contributed by atoms with Gasteiger partial charge in [0.05, 0.1) is 12.1 Å². The van der Waals surface area contributed by atoms with E-state index in [1.807, 2.05) is 0 Å². The molecule has 0 saturated heterocycles. The van der Waals surface area contributed by atoms with E-state index < -0.39 is 18.0 Å². The van der Waals surface area contributed by atoms with Gasteiger partial charge in [0.25, 0.3) is 0 Å². The molecule has 1 saturated carbocycles. The van der Waals surface area contributed by atoms with E-state index in [2.05, 4.69) is 0 Å². The van der Waals surface area contributed by atoms with Crippen LogP contribution in [0.3, 0.4) is 0 Å². The maximum Gasteiger partial charge on any atom is 0.132 e. The fourth-order valence-corrected chi connectivity index (χ4v) is 3.02. The van der Waals surface area contributed by atoms with Crippen molar-refractivity contribution >= 4 is 24.0 Å². The molecule has 0 amide bonds. The Bertz CT molecular complexity index is 436. The fourth-order valence-electron chi connectivity index (χ4n) is 2.75. The monoisotopic (exact) mass is 307 g/mol. The smallest absolute Gasteiger partial charge is 0.132 e. The molecule has 1 fully saturated rings. The maximum absolute atomic E-state index is 14.1. The Labute approximate surface area is 124 Å². The molecule has 0 radical (unpaired) electrons. The van der Waals surface area contributed by atoms with Gasteiger partial charge < -0.3 is 10.8 Å². The molecule has 19 heavy (non-hydrogen) atoms. The van der Waals surface area contributed by atoms with Crippen LogP contribution in [0.1, 0.15) is 42.9 Å². The van der Waals surface area contributed by atoms with E-state index in [1.165, 1.54) is 0 Å². The van der Waals surface area contributed by atoms with E-state index in [0.29, 0.717) is 10.6 Å². The number of hydrogen-bond acceptors (Lipinski definition) is 2. The van der Waals surface area contributed by atoms with Crippen molar-refractivity contribution in [2.24, 2.45) is 11.7 Å². The van der Waals surface area contributed by atoms with Gasteiger partial charge >= 0.3 is 0 Å². The number of hydrogen-bond donors (Lipinski definition) is 2.